The lowest BCUT2D eigenvalue weighted by molar-refractivity contribution is 0.0536. The van der Waals surface area contributed by atoms with E-state index in [9.17, 15) is 10.2 Å². The Morgan fingerprint density at radius 2 is 1.36 bits per heavy atom. The van der Waals surface area contributed by atoms with Crippen LogP contribution in [-0.4, -0.2) is 59.1 Å². The first-order valence-electron chi connectivity index (χ1n) is 13.6. The summed E-state index contributed by atoms with van der Waals surface area (Å²) >= 11 is 0. The predicted molar refractivity (Wildman–Crippen MR) is 145 cm³/mol. The molecule has 4 N–H and O–H groups in total. The molecule has 36 heavy (non-hydrogen) atoms. The van der Waals surface area contributed by atoms with Crippen molar-refractivity contribution in [1.29, 1.82) is 0 Å². The van der Waals surface area contributed by atoms with Gasteiger partial charge in [-0.2, -0.15) is 0 Å². The number of ether oxygens (including phenoxy) is 2. The highest BCUT2D eigenvalue weighted by molar-refractivity contribution is 5.66. The van der Waals surface area contributed by atoms with Crippen LogP contribution in [0.3, 0.4) is 0 Å². The summed E-state index contributed by atoms with van der Waals surface area (Å²) in [7, 11) is 0. The van der Waals surface area contributed by atoms with Crippen LogP contribution in [0.25, 0.3) is 11.1 Å². The van der Waals surface area contributed by atoms with E-state index in [0.29, 0.717) is 18.8 Å². The molecule has 2 aromatic carbocycles. The monoisotopic (exact) mass is 502 g/mol. The van der Waals surface area contributed by atoms with Gasteiger partial charge >= 0.3 is 0 Å². The normalized spacial score (nSPS) is 12.9. The Hall–Kier alpha value is -2.12. The summed E-state index contributed by atoms with van der Waals surface area (Å²) in [6.45, 7) is 2.38. The second kappa shape index (κ2) is 18.2. The minimum absolute atomic E-state index is 0.0590. The Morgan fingerprint density at radius 3 is 2.06 bits per heavy atom. The van der Waals surface area contributed by atoms with E-state index in [1.807, 2.05) is 24.3 Å². The largest absolute Gasteiger partial charge is 0.493 e. The van der Waals surface area contributed by atoms with Gasteiger partial charge in [-0.25, -0.2) is 0 Å². The molecule has 2 atom stereocenters. The third-order valence-corrected chi connectivity index (χ3v) is 6.35. The summed E-state index contributed by atoms with van der Waals surface area (Å²) < 4.78 is 11.6. The smallest absolute Gasteiger partial charge is 0.122 e. The summed E-state index contributed by atoms with van der Waals surface area (Å²) in [4.78, 5) is 0. The number of hydrogen-bond acceptors (Lipinski definition) is 6. The zero-order valence-electron chi connectivity index (χ0n) is 21.9. The summed E-state index contributed by atoms with van der Waals surface area (Å²) in [5, 5.41) is 36.9. The van der Waals surface area contributed by atoms with Gasteiger partial charge in [-0.1, -0.05) is 63.6 Å². The molecule has 0 aliphatic carbocycles. The van der Waals surface area contributed by atoms with E-state index in [4.69, 9.17) is 19.7 Å². The lowest BCUT2D eigenvalue weighted by Gasteiger charge is -2.15. The SMILES string of the molecule is CCCCCCCCCc1cc(-c2ccc(OCC(O)CO)cc2)ccc1OCCCCC(O)CO. The van der Waals surface area contributed by atoms with Gasteiger partial charge in [0.15, 0.2) is 0 Å². The highest BCUT2D eigenvalue weighted by Crippen LogP contribution is 2.30. The Kier molecular flexibility index (Phi) is 15.2. The highest BCUT2D eigenvalue weighted by atomic mass is 16.5. The van der Waals surface area contributed by atoms with Crippen molar-refractivity contribution < 1.29 is 29.9 Å². The number of aliphatic hydroxyl groups excluding tert-OH is 4. The van der Waals surface area contributed by atoms with E-state index in [1.165, 1.54) is 44.1 Å². The number of hydrogen-bond donors (Lipinski definition) is 4. The maximum Gasteiger partial charge on any atom is 0.122 e. The van der Waals surface area contributed by atoms with Crippen LogP contribution in [0.15, 0.2) is 42.5 Å². The molecule has 0 heterocycles. The van der Waals surface area contributed by atoms with Crippen molar-refractivity contribution in [3.05, 3.63) is 48.0 Å². The maximum atomic E-state index is 9.51. The number of unbranched alkanes of at least 4 members (excludes halogenated alkanes) is 7. The number of benzene rings is 2. The molecule has 0 fully saturated rings. The molecule has 0 aromatic heterocycles. The van der Waals surface area contributed by atoms with Gasteiger partial charge in [-0.05, 0) is 73.1 Å². The molecule has 6 heteroatoms. The minimum Gasteiger partial charge on any atom is -0.493 e. The minimum atomic E-state index is -0.883. The van der Waals surface area contributed by atoms with Crippen molar-refractivity contribution in [2.45, 2.75) is 89.8 Å². The standard InChI is InChI=1S/C30H46O6/c1-2-3-4-5-6-7-8-11-26-20-25(15-18-30(26)35-19-10-9-12-27(33)21-31)24-13-16-29(17-14-24)36-23-28(34)22-32/h13-18,20,27-28,31-34H,2-12,19,21-23H2,1H3. The molecule has 2 rings (SSSR count). The molecule has 0 aliphatic heterocycles. The van der Waals surface area contributed by atoms with E-state index >= 15 is 0 Å². The van der Waals surface area contributed by atoms with Crippen LogP contribution in [-0.2, 0) is 6.42 Å². The van der Waals surface area contributed by atoms with Crippen molar-refractivity contribution in [1.82, 2.24) is 0 Å². The predicted octanol–water partition coefficient (Wildman–Crippen LogP) is 5.28. The molecule has 0 bridgehead atoms. The molecule has 0 aliphatic rings. The van der Waals surface area contributed by atoms with E-state index in [2.05, 4.69) is 25.1 Å². The van der Waals surface area contributed by atoms with E-state index in [1.54, 1.807) is 0 Å². The molecule has 0 saturated carbocycles. The first-order chi connectivity index (χ1) is 17.6. The first-order valence-corrected chi connectivity index (χ1v) is 13.6. The fourth-order valence-electron chi connectivity index (χ4n) is 4.11. The van der Waals surface area contributed by atoms with Crippen LogP contribution >= 0.6 is 0 Å². The van der Waals surface area contributed by atoms with Crippen LogP contribution in [0, 0.1) is 0 Å². The molecule has 0 saturated heterocycles. The molecular weight excluding hydrogens is 456 g/mol. The third-order valence-electron chi connectivity index (χ3n) is 6.35. The molecule has 6 nitrogen and oxygen atoms in total. The average molecular weight is 503 g/mol. The molecule has 2 aromatic rings. The van der Waals surface area contributed by atoms with Crippen molar-refractivity contribution in [3.8, 4) is 22.6 Å². The Balaban J connectivity index is 1.99. The Morgan fingerprint density at radius 1 is 0.694 bits per heavy atom. The Bertz CT molecular complexity index is 823. The van der Waals surface area contributed by atoms with E-state index < -0.39 is 12.2 Å². The quantitative estimate of drug-likeness (QED) is 0.184. The summed E-state index contributed by atoms with van der Waals surface area (Å²) in [6, 6.07) is 14.1. The maximum absolute atomic E-state index is 9.51. The van der Waals surface area contributed by atoms with Crippen LogP contribution < -0.4 is 9.47 Å². The van der Waals surface area contributed by atoms with Gasteiger partial charge in [0.2, 0.25) is 0 Å². The van der Waals surface area contributed by atoms with Gasteiger partial charge in [-0.15, -0.1) is 0 Å². The average Bonchev–Trinajstić information content (AvgIpc) is 2.91. The molecule has 202 valence electrons. The van der Waals surface area contributed by atoms with Crippen molar-refractivity contribution in [2.75, 3.05) is 26.4 Å². The van der Waals surface area contributed by atoms with E-state index in [-0.39, 0.29) is 19.8 Å². The summed E-state index contributed by atoms with van der Waals surface area (Å²) in [5.41, 5.74) is 3.41. The fourth-order valence-corrected chi connectivity index (χ4v) is 4.11. The molecule has 2 unspecified atom stereocenters. The van der Waals surface area contributed by atoms with Crippen LogP contribution in [0.5, 0.6) is 11.5 Å². The third kappa shape index (κ3) is 11.7. The van der Waals surface area contributed by atoms with Crippen LogP contribution in [0.2, 0.25) is 0 Å². The van der Waals surface area contributed by atoms with E-state index in [0.717, 1.165) is 42.6 Å². The molecule has 0 spiro atoms. The van der Waals surface area contributed by atoms with Gasteiger partial charge in [0.05, 0.1) is 25.9 Å². The van der Waals surface area contributed by atoms with Gasteiger partial charge in [-0.3, -0.25) is 0 Å². The second-order valence-electron chi connectivity index (χ2n) is 9.55. The van der Waals surface area contributed by atoms with Gasteiger partial charge < -0.3 is 29.9 Å². The zero-order valence-corrected chi connectivity index (χ0v) is 21.9. The highest BCUT2D eigenvalue weighted by Gasteiger charge is 2.09. The second-order valence-corrected chi connectivity index (χ2v) is 9.55. The molecule has 0 radical (unpaired) electrons. The topological polar surface area (TPSA) is 99.4 Å². The first kappa shape index (κ1) is 30.1. The van der Waals surface area contributed by atoms with Gasteiger partial charge in [0, 0.05) is 0 Å². The van der Waals surface area contributed by atoms with Gasteiger partial charge in [0.1, 0.15) is 24.2 Å². The zero-order chi connectivity index (χ0) is 26.0. The Labute approximate surface area is 216 Å². The number of aryl methyl sites for hydroxylation is 1. The lowest BCUT2D eigenvalue weighted by Crippen LogP contribution is -2.21. The summed E-state index contributed by atoms with van der Waals surface area (Å²) in [6.07, 6.45) is 10.5. The van der Waals surface area contributed by atoms with Crippen LogP contribution in [0.1, 0.15) is 76.7 Å². The molecule has 0 amide bonds. The number of aliphatic hydroxyl groups is 4. The molecular formula is C30H46O6. The van der Waals surface area contributed by atoms with Crippen molar-refractivity contribution >= 4 is 0 Å². The van der Waals surface area contributed by atoms with Crippen molar-refractivity contribution in [2.24, 2.45) is 0 Å². The fraction of sp³-hybridized carbons (Fsp3) is 0.600. The lowest BCUT2D eigenvalue weighted by atomic mass is 9.98. The van der Waals surface area contributed by atoms with Crippen molar-refractivity contribution in [3.63, 3.8) is 0 Å². The summed E-state index contributed by atoms with van der Waals surface area (Å²) in [5.74, 6) is 1.58. The van der Waals surface area contributed by atoms with Gasteiger partial charge in [0.25, 0.3) is 0 Å². The van der Waals surface area contributed by atoms with Crippen LogP contribution in [0.4, 0.5) is 0 Å². The number of rotatable bonds is 20.